The van der Waals surface area contributed by atoms with Crippen LogP contribution < -0.4 is 5.32 Å². The van der Waals surface area contributed by atoms with E-state index in [2.05, 4.69) is 5.32 Å². The standard InChI is InChI=1S/C13H17N3O6/c1-8(2)3-12(13(17)18)14-7-9-4-10(15(19)20)6-11(5-9)16(21)22/h4-6,8,12,14H,3,7H2,1-2H3,(H,17,18)/t12-/m0/s1. The lowest BCUT2D eigenvalue weighted by Crippen LogP contribution is -2.37. The van der Waals surface area contributed by atoms with Crippen LogP contribution in [0.15, 0.2) is 18.2 Å². The molecule has 120 valence electrons. The molecule has 0 fully saturated rings. The fraction of sp³-hybridized carbons (Fsp3) is 0.462. The predicted octanol–water partition coefficient (Wildman–Crippen LogP) is 2.09. The lowest BCUT2D eigenvalue weighted by atomic mass is 10.0. The maximum atomic E-state index is 11.1. The average molecular weight is 311 g/mol. The number of hydrogen-bond acceptors (Lipinski definition) is 6. The quantitative estimate of drug-likeness (QED) is 0.554. The molecule has 1 rings (SSSR count). The van der Waals surface area contributed by atoms with Gasteiger partial charge in [-0.05, 0) is 17.9 Å². The highest BCUT2D eigenvalue weighted by Crippen LogP contribution is 2.22. The summed E-state index contributed by atoms with van der Waals surface area (Å²) < 4.78 is 0. The van der Waals surface area contributed by atoms with Crippen LogP contribution in [0.2, 0.25) is 0 Å². The van der Waals surface area contributed by atoms with E-state index in [0.717, 1.165) is 6.07 Å². The maximum absolute atomic E-state index is 11.1. The van der Waals surface area contributed by atoms with Crippen molar-refractivity contribution in [3.05, 3.63) is 44.0 Å². The molecule has 0 amide bonds. The van der Waals surface area contributed by atoms with Crippen molar-refractivity contribution in [1.29, 1.82) is 0 Å². The summed E-state index contributed by atoms with van der Waals surface area (Å²) in [5, 5.41) is 33.4. The fourth-order valence-electron chi connectivity index (χ4n) is 1.95. The van der Waals surface area contributed by atoms with Crippen molar-refractivity contribution in [3.63, 3.8) is 0 Å². The van der Waals surface area contributed by atoms with E-state index in [9.17, 15) is 25.0 Å². The normalized spacial score (nSPS) is 12.1. The average Bonchev–Trinajstić information content (AvgIpc) is 2.42. The topological polar surface area (TPSA) is 136 Å². The Bertz CT molecular complexity index is 555. The number of nitro groups is 2. The Morgan fingerprint density at radius 1 is 1.18 bits per heavy atom. The summed E-state index contributed by atoms with van der Waals surface area (Å²) in [6.07, 6.45) is 0.381. The van der Waals surface area contributed by atoms with Crippen LogP contribution in [0.4, 0.5) is 11.4 Å². The highest BCUT2D eigenvalue weighted by Gasteiger charge is 2.20. The van der Waals surface area contributed by atoms with Crippen molar-refractivity contribution >= 4 is 17.3 Å². The van der Waals surface area contributed by atoms with Crippen LogP contribution in [0, 0.1) is 26.1 Å². The third kappa shape index (κ3) is 5.09. The summed E-state index contributed by atoms with van der Waals surface area (Å²) in [6.45, 7) is 3.73. The Labute approximate surface area is 126 Å². The summed E-state index contributed by atoms with van der Waals surface area (Å²) in [7, 11) is 0. The zero-order valence-corrected chi connectivity index (χ0v) is 12.2. The van der Waals surface area contributed by atoms with Gasteiger partial charge in [-0.25, -0.2) is 0 Å². The molecule has 0 aliphatic heterocycles. The van der Waals surface area contributed by atoms with Crippen LogP contribution >= 0.6 is 0 Å². The Balaban J connectivity index is 2.94. The van der Waals surface area contributed by atoms with Crippen molar-refractivity contribution in [1.82, 2.24) is 5.32 Å². The summed E-state index contributed by atoms with van der Waals surface area (Å²) in [6, 6.07) is 2.42. The zero-order valence-electron chi connectivity index (χ0n) is 12.2. The minimum atomic E-state index is -1.03. The van der Waals surface area contributed by atoms with Gasteiger partial charge in [-0.15, -0.1) is 0 Å². The number of nitrogens with zero attached hydrogens (tertiary/aromatic N) is 2. The van der Waals surface area contributed by atoms with Crippen LogP contribution in [0.3, 0.4) is 0 Å². The van der Waals surface area contributed by atoms with Crippen LogP contribution in [0.25, 0.3) is 0 Å². The summed E-state index contributed by atoms with van der Waals surface area (Å²) in [5.74, 6) is -0.887. The second-order valence-corrected chi connectivity index (χ2v) is 5.27. The van der Waals surface area contributed by atoms with Gasteiger partial charge in [-0.1, -0.05) is 13.8 Å². The highest BCUT2D eigenvalue weighted by atomic mass is 16.6. The van der Waals surface area contributed by atoms with Gasteiger partial charge in [0.1, 0.15) is 6.04 Å². The molecular weight excluding hydrogens is 294 g/mol. The monoisotopic (exact) mass is 311 g/mol. The van der Waals surface area contributed by atoms with Crippen LogP contribution in [-0.2, 0) is 11.3 Å². The molecule has 0 aromatic heterocycles. The molecular formula is C13H17N3O6. The Morgan fingerprint density at radius 3 is 2.05 bits per heavy atom. The Kier molecular flexibility index (Phi) is 5.93. The van der Waals surface area contributed by atoms with Crippen LogP contribution in [-0.4, -0.2) is 27.0 Å². The van der Waals surface area contributed by atoms with Crippen molar-refractivity contribution in [3.8, 4) is 0 Å². The Hall–Kier alpha value is -2.55. The number of carbonyl (C=O) groups is 1. The van der Waals surface area contributed by atoms with Crippen molar-refractivity contribution < 1.29 is 19.7 Å². The van der Waals surface area contributed by atoms with Crippen molar-refractivity contribution in [2.24, 2.45) is 5.92 Å². The van der Waals surface area contributed by atoms with Crippen molar-refractivity contribution in [2.45, 2.75) is 32.9 Å². The summed E-state index contributed by atoms with van der Waals surface area (Å²) in [4.78, 5) is 31.3. The molecule has 0 aliphatic rings. The van der Waals surface area contributed by atoms with E-state index < -0.39 is 33.2 Å². The van der Waals surface area contributed by atoms with E-state index in [-0.39, 0.29) is 18.0 Å². The number of benzene rings is 1. The second-order valence-electron chi connectivity index (χ2n) is 5.27. The van der Waals surface area contributed by atoms with Crippen molar-refractivity contribution in [2.75, 3.05) is 0 Å². The van der Waals surface area contributed by atoms with E-state index in [1.54, 1.807) is 0 Å². The number of hydrogen-bond donors (Lipinski definition) is 2. The third-order valence-electron chi connectivity index (χ3n) is 2.94. The van der Waals surface area contributed by atoms with Gasteiger partial charge in [-0.2, -0.15) is 0 Å². The van der Waals surface area contributed by atoms with E-state index >= 15 is 0 Å². The van der Waals surface area contributed by atoms with Gasteiger partial charge in [0.2, 0.25) is 0 Å². The molecule has 22 heavy (non-hydrogen) atoms. The minimum absolute atomic E-state index is 0.00773. The van der Waals surface area contributed by atoms with Gasteiger partial charge in [0.05, 0.1) is 15.9 Å². The van der Waals surface area contributed by atoms with E-state index in [1.165, 1.54) is 12.1 Å². The molecule has 1 aromatic rings. The van der Waals surface area contributed by atoms with Gasteiger partial charge in [-0.3, -0.25) is 25.0 Å². The van der Waals surface area contributed by atoms with Crippen LogP contribution in [0.5, 0.6) is 0 Å². The minimum Gasteiger partial charge on any atom is -0.480 e. The Morgan fingerprint density at radius 2 is 1.68 bits per heavy atom. The van der Waals surface area contributed by atoms with E-state index in [1.807, 2.05) is 13.8 Å². The number of nitrogens with one attached hydrogen (secondary N) is 1. The van der Waals surface area contributed by atoms with Gasteiger partial charge in [0.15, 0.2) is 0 Å². The first-order valence-corrected chi connectivity index (χ1v) is 6.59. The number of rotatable bonds is 8. The molecule has 9 nitrogen and oxygen atoms in total. The van der Waals surface area contributed by atoms with Gasteiger partial charge in [0, 0.05) is 18.7 Å². The molecule has 1 aromatic carbocycles. The first-order valence-electron chi connectivity index (χ1n) is 6.59. The molecule has 0 aliphatic carbocycles. The lowest BCUT2D eigenvalue weighted by molar-refractivity contribution is -0.394. The second kappa shape index (κ2) is 7.46. The largest absolute Gasteiger partial charge is 0.480 e. The van der Waals surface area contributed by atoms with E-state index in [0.29, 0.717) is 6.42 Å². The SMILES string of the molecule is CC(C)C[C@H](NCc1cc([N+](=O)[O-])cc([N+](=O)[O-])c1)C(=O)O. The highest BCUT2D eigenvalue weighted by molar-refractivity contribution is 5.73. The number of non-ortho nitro benzene ring substituents is 2. The lowest BCUT2D eigenvalue weighted by Gasteiger charge is -2.16. The first kappa shape index (κ1) is 17.5. The molecule has 2 N–H and O–H groups in total. The molecule has 0 spiro atoms. The predicted molar refractivity (Wildman–Crippen MR) is 77.5 cm³/mol. The number of carboxylic acids is 1. The summed E-state index contributed by atoms with van der Waals surface area (Å²) >= 11 is 0. The fourth-order valence-corrected chi connectivity index (χ4v) is 1.95. The summed E-state index contributed by atoms with van der Waals surface area (Å²) in [5.41, 5.74) is -0.514. The van der Waals surface area contributed by atoms with Gasteiger partial charge in [0.25, 0.3) is 11.4 Å². The molecule has 0 saturated heterocycles. The molecule has 0 radical (unpaired) electrons. The zero-order chi connectivity index (χ0) is 16.9. The maximum Gasteiger partial charge on any atom is 0.320 e. The smallest absolute Gasteiger partial charge is 0.320 e. The molecule has 9 heteroatoms. The van der Waals surface area contributed by atoms with Gasteiger partial charge < -0.3 is 10.4 Å². The number of aliphatic carboxylic acids is 1. The van der Waals surface area contributed by atoms with Gasteiger partial charge >= 0.3 is 5.97 Å². The molecule has 1 atom stereocenters. The first-order chi connectivity index (χ1) is 10.2. The van der Waals surface area contributed by atoms with Crippen LogP contribution in [0.1, 0.15) is 25.8 Å². The van der Waals surface area contributed by atoms with E-state index in [4.69, 9.17) is 5.11 Å². The molecule has 0 bridgehead atoms. The number of carboxylic acid groups (broad SMARTS) is 1. The molecule has 0 unspecified atom stereocenters. The molecule has 0 heterocycles. The third-order valence-corrected chi connectivity index (χ3v) is 2.94. The number of nitro benzene ring substituents is 2. The molecule has 0 saturated carbocycles.